The minimum Gasteiger partial charge on any atom is -0.451 e. The number of amides is 1. The Morgan fingerprint density at radius 3 is 2.69 bits per heavy atom. The van der Waals surface area contributed by atoms with Crippen molar-refractivity contribution >= 4 is 16.9 Å². The van der Waals surface area contributed by atoms with E-state index < -0.39 is 0 Å². The molecule has 0 saturated heterocycles. The average Bonchev–Trinajstić information content (AvgIpc) is 3.42. The van der Waals surface area contributed by atoms with Gasteiger partial charge in [-0.1, -0.05) is 12.1 Å². The lowest BCUT2D eigenvalue weighted by atomic mass is 10.1. The molecule has 2 aromatic heterocycles. The molecule has 1 aliphatic carbocycles. The van der Waals surface area contributed by atoms with Crippen molar-refractivity contribution in [2.75, 3.05) is 0 Å². The standard InChI is InChI=1S/C20H21N3O3/c1-12-16(13(2)22(3)21-12)11-23(14-8-9-14)20(25)19-10-17(24)15-6-4-5-7-18(15)26-19/h4-7,10,14H,8-9,11H2,1-3H3. The summed E-state index contributed by atoms with van der Waals surface area (Å²) in [5.41, 5.74) is 3.26. The van der Waals surface area contributed by atoms with Crippen LogP contribution in [0.3, 0.4) is 0 Å². The number of para-hydroxylation sites is 1. The van der Waals surface area contributed by atoms with Gasteiger partial charge < -0.3 is 9.32 Å². The highest BCUT2D eigenvalue weighted by molar-refractivity contribution is 5.93. The molecule has 134 valence electrons. The number of carbonyl (C=O) groups is 1. The van der Waals surface area contributed by atoms with E-state index >= 15 is 0 Å². The summed E-state index contributed by atoms with van der Waals surface area (Å²) in [5, 5.41) is 4.92. The molecule has 0 spiro atoms. The normalized spacial score (nSPS) is 14.0. The molecule has 0 unspecified atom stereocenters. The van der Waals surface area contributed by atoms with Crippen molar-refractivity contribution in [2.45, 2.75) is 39.3 Å². The van der Waals surface area contributed by atoms with Gasteiger partial charge in [0.05, 0.1) is 17.6 Å². The van der Waals surface area contributed by atoms with Crippen LogP contribution >= 0.6 is 0 Å². The van der Waals surface area contributed by atoms with Crippen molar-refractivity contribution in [1.82, 2.24) is 14.7 Å². The smallest absolute Gasteiger partial charge is 0.290 e. The number of rotatable bonds is 4. The van der Waals surface area contributed by atoms with Gasteiger partial charge >= 0.3 is 0 Å². The Hall–Kier alpha value is -2.89. The average molecular weight is 351 g/mol. The highest BCUT2D eigenvalue weighted by Gasteiger charge is 2.35. The van der Waals surface area contributed by atoms with E-state index in [9.17, 15) is 9.59 Å². The molecule has 0 aliphatic heterocycles. The van der Waals surface area contributed by atoms with E-state index in [1.807, 2.05) is 30.5 Å². The van der Waals surface area contributed by atoms with Crippen molar-refractivity contribution in [3.05, 3.63) is 63.3 Å². The molecule has 1 aromatic carbocycles. The first kappa shape index (κ1) is 16.6. The van der Waals surface area contributed by atoms with Gasteiger partial charge in [0, 0.05) is 30.4 Å². The molecule has 6 nitrogen and oxygen atoms in total. The Labute approximate surface area is 151 Å². The molecule has 2 heterocycles. The van der Waals surface area contributed by atoms with Crippen LogP contribution in [0.4, 0.5) is 0 Å². The number of hydrogen-bond acceptors (Lipinski definition) is 4. The van der Waals surface area contributed by atoms with Crippen molar-refractivity contribution in [3.63, 3.8) is 0 Å². The van der Waals surface area contributed by atoms with Crippen molar-refractivity contribution in [3.8, 4) is 0 Å². The lowest BCUT2D eigenvalue weighted by molar-refractivity contribution is 0.0697. The lowest BCUT2D eigenvalue weighted by Gasteiger charge is -2.22. The van der Waals surface area contributed by atoms with E-state index in [1.54, 1.807) is 24.3 Å². The molecule has 0 radical (unpaired) electrons. The fourth-order valence-electron chi connectivity index (χ4n) is 3.32. The molecular weight excluding hydrogens is 330 g/mol. The van der Waals surface area contributed by atoms with Gasteiger partial charge in [-0.2, -0.15) is 5.10 Å². The van der Waals surface area contributed by atoms with Crippen LogP contribution in [0.1, 0.15) is 40.3 Å². The predicted octanol–water partition coefficient (Wildman–Crippen LogP) is 2.95. The third-order valence-corrected chi connectivity index (χ3v) is 5.08. The summed E-state index contributed by atoms with van der Waals surface area (Å²) < 4.78 is 7.58. The number of hydrogen-bond donors (Lipinski definition) is 0. The van der Waals surface area contributed by atoms with E-state index in [0.29, 0.717) is 17.5 Å². The Morgan fingerprint density at radius 2 is 2.04 bits per heavy atom. The number of benzene rings is 1. The van der Waals surface area contributed by atoms with Crippen LogP contribution in [-0.2, 0) is 13.6 Å². The second-order valence-corrected chi connectivity index (χ2v) is 6.91. The molecule has 1 aliphatic rings. The summed E-state index contributed by atoms with van der Waals surface area (Å²) in [6.45, 7) is 4.43. The first-order valence-electron chi connectivity index (χ1n) is 8.78. The summed E-state index contributed by atoms with van der Waals surface area (Å²) in [7, 11) is 1.90. The molecule has 0 atom stereocenters. The van der Waals surface area contributed by atoms with Crippen LogP contribution in [-0.4, -0.2) is 26.6 Å². The van der Waals surface area contributed by atoms with Crippen molar-refractivity contribution in [2.24, 2.45) is 7.05 Å². The number of aryl methyl sites for hydroxylation is 2. The maximum absolute atomic E-state index is 13.1. The van der Waals surface area contributed by atoms with Gasteiger partial charge in [-0.3, -0.25) is 14.3 Å². The summed E-state index contributed by atoms with van der Waals surface area (Å²) in [6, 6.07) is 8.49. The maximum atomic E-state index is 13.1. The molecule has 1 amide bonds. The van der Waals surface area contributed by atoms with Gasteiger partial charge in [0.1, 0.15) is 5.58 Å². The zero-order chi connectivity index (χ0) is 18.4. The van der Waals surface area contributed by atoms with Crippen LogP contribution in [0.5, 0.6) is 0 Å². The van der Waals surface area contributed by atoms with Gasteiger partial charge in [0.15, 0.2) is 11.2 Å². The second kappa shape index (κ2) is 6.12. The quantitative estimate of drug-likeness (QED) is 0.725. The van der Waals surface area contributed by atoms with Gasteiger partial charge in [-0.05, 0) is 38.8 Å². The van der Waals surface area contributed by atoms with E-state index in [-0.39, 0.29) is 23.1 Å². The van der Waals surface area contributed by atoms with Crippen molar-refractivity contribution in [1.29, 1.82) is 0 Å². The summed E-state index contributed by atoms with van der Waals surface area (Å²) in [4.78, 5) is 27.3. The number of carbonyl (C=O) groups excluding carboxylic acids is 1. The van der Waals surface area contributed by atoms with Crippen LogP contribution < -0.4 is 5.43 Å². The number of aromatic nitrogens is 2. The number of nitrogens with zero attached hydrogens (tertiary/aromatic N) is 3. The molecule has 1 fully saturated rings. The fourth-order valence-corrected chi connectivity index (χ4v) is 3.32. The van der Waals surface area contributed by atoms with E-state index in [1.165, 1.54) is 6.07 Å². The maximum Gasteiger partial charge on any atom is 0.290 e. The Bertz CT molecular complexity index is 1060. The van der Waals surface area contributed by atoms with Crippen LogP contribution in [0.25, 0.3) is 11.0 Å². The van der Waals surface area contributed by atoms with Crippen LogP contribution in [0, 0.1) is 13.8 Å². The summed E-state index contributed by atoms with van der Waals surface area (Å²) in [6.07, 6.45) is 1.95. The zero-order valence-corrected chi connectivity index (χ0v) is 15.2. The van der Waals surface area contributed by atoms with Gasteiger partial charge in [0.2, 0.25) is 0 Å². The van der Waals surface area contributed by atoms with Crippen LogP contribution in [0.15, 0.2) is 39.5 Å². The summed E-state index contributed by atoms with van der Waals surface area (Å²) in [5.74, 6) is -0.141. The highest BCUT2D eigenvalue weighted by Crippen LogP contribution is 2.31. The highest BCUT2D eigenvalue weighted by atomic mass is 16.3. The Morgan fingerprint density at radius 1 is 1.31 bits per heavy atom. The topological polar surface area (TPSA) is 68.3 Å². The van der Waals surface area contributed by atoms with Crippen molar-refractivity contribution < 1.29 is 9.21 Å². The largest absolute Gasteiger partial charge is 0.451 e. The first-order valence-corrected chi connectivity index (χ1v) is 8.78. The summed E-state index contributed by atoms with van der Waals surface area (Å²) >= 11 is 0. The minimum atomic E-state index is -0.238. The molecule has 4 rings (SSSR count). The van der Waals surface area contributed by atoms with Gasteiger partial charge in [-0.25, -0.2) is 0 Å². The van der Waals surface area contributed by atoms with E-state index in [2.05, 4.69) is 5.10 Å². The minimum absolute atomic E-state index is 0.0970. The Balaban J connectivity index is 1.71. The van der Waals surface area contributed by atoms with Gasteiger partial charge in [0.25, 0.3) is 5.91 Å². The Kier molecular flexibility index (Phi) is 3.90. The molecule has 6 heteroatoms. The predicted molar refractivity (Wildman–Crippen MR) is 98.1 cm³/mol. The van der Waals surface area contributed by atoms with E-state index in [4.69, 9.17) is 4.42 Å². The first-order chi connectivity index (χ1) is 12.5. The molecular formula is C20H21N3O3. The molecule has 0 N–H and O–H groups in total. The molecule has 1 saturated carbocycles. The monoisotopic (exact) mass is 351 g/mol. The lowest BCUT2D eigenvalue weighted by Crippen LogP contribution is -2.33. The number of fused-ring (bicyclic) bond motifs is 1. The second-order valence-electron chi connectivity index (χ2n) is 6.91. The van der Waals surface area contributed by atoms with E-state index in [0.717, 1.165) is 29.8 Å². The third-order valence-electron chi connectivity index (χ3n) is 5.08. The molecule has 3 aromatic rings. The molecule has 26 heavy (non-hydrogen) atoms. The fraction of sp³-hybridized carbons (Fsp3) is 0.350. The van der Waals surface area contributed by atoms with Gasteiger partial charge in [-0.15, -0.1) is 0 Å². The zero-order valence-electron chi connectivity index (χ0n) is 15.2. The SMILES string of the molecule is Cc1nn(C)c(C)c1CN(C(=O)c1cc(=O)c2ccccc2o1)C1CC1. The molecule has 0 bridgehead atoms. The third kappa shape index (κ3) is 2.81. The van der Waals surface area contributed by atoms with Crippen LogP contribution in [0.2, 0.25) is 0 Å².